The highest BCUT2D eigenvalue weighted by atomic mass is 79.9. The van der Waals surface area contributed by atoms with Gasteiger partial charge in [0.05, 0.1) is 0 Å². The van der Waals surface area contributed by atoms with Crippen LogP contribution in [0.2, 0.25) is 0 Å². The van der Waals surface area contributed by atoms with Crippen LogP contribution in [0.15, 0.2) is 14.3 Å². The zero-order valence-electron chi connectivity index (χ0n) is 12.9. The molecule has 0 bridgehead atoms. The molecule has 120 valence electrons. The summed E-state index contributed by atoms with van der Waals surface area (Å²) in [6, 6.07) is 0. The molecule has 0 aliphatic heterocycles. The zero-order chi connectivity index (χ0) is 16.6. The van der Waals surface area contributed by atoms with E-state index in [1.165, 1.54) is 16.2 Å². The van der Waals surface area contributed by atoms with Crippen molar-refractivity contribution in [2.75, 3.05) is 6.54 Å². The van der Waals surface area contributed by atoms with E-state index in [0.717, 1.165) is 4.57 Å². The maximum absolute atomic E-state index is 12.1. The highest BCUT2D eigenvalue weighted by molar-refractivity contribution is 9.10. The topological polar surface area (TPSA) is 90.9 Å². The standard InChI is InChI=1S/C13H18BrN5O3/c1-7(2)5-15-8(20)6-19-10-9(16-12(19)14)11(21)18(4)13(22)17(10)3/h7H,5-6H2,1-4H3,(H,15,20). The smallest absolute Gasteiger partial charge is 0.332 e. The summed E-state index contributed by atoms with van der Waals surface area (Å²) in [4.78, 5) is 40.3. The summed E-state index contributed by atoms with van der Waals surface area (Å²) in [7, 11) is 2.94. The zero-order valence-corrected chi connectivity index (χ0v) is 14.5. The van der Waals surface area contributed by atoms with Gasteiger partial charge in [0, 0.05) is 20.6 Å². The van der Waals surface area contributed by atoms with Gasteiger partial charge in [-0.1, -0.05) is 13.8 Å². The number of imidazole rings is 1. The maximum Gasteiger partial charge on any atom is 0.332 e. The van der Waals surface area contributed by atoms with Gasteiger partial charge in [-0.05, 0) is 21.8 Å². The van der Waals surface area contributed by atoms with Crippen LogP contribution in [0.4, 0.5) is 0 Å². The molecule has 0 aromatic carbocycles. The molecule has 2 aromatic heterocycles. The van der Waals surface area contributed by atoms with Crippen LogP contribution < -0.4 is 16.6 Å². The third-order valence-corrected chi connectivity index (χ3v) is 3.91. The van der Waals surface area contributed by atoms with Crippen molar-refractivity contribution < 1.29 is 4.79 Å². The molecule has 0 spiro atoms. The number of carbonyl (C=O) groups excluding carboxylic acids is 1. The predicted octanol–water partition coefficient (Wildman–Crippen LogP) is -0.0316. The molecule has 0 saturated heterocycles. The fourth-order valence-electron chi connectivity index (χ4n) is 2.12. The van der Waals surface area contributed by atoms with Gasteiger partial charge in [-0.25, -0.2) is 9.78 Å². The second-order valence-corrected chi connectivity index (χ2v) is 6.25. The molecule has 9 heteroatoms. The van der Waals surface area contributed by atoms with E-state index in [1.807, 2.05) is 13.8 Å². The van der Waals surface area contributed by atoms with E-state index in [4.69, 9.17) is 0 Å². The molecule has 0 fully saturated rings. The van der Waals surface area contributed by atoms with Crippen molar-refractivity contribution >= 4 is 33.0 Å². The summed E-state index contributed by atoms with van der Waals surface area (Å²) in [5.41, 5.74) is -0.485. The molecular formula is C13H18BrN5O3. The van der Waals surface area contributed by atoms with Crippen LogP contribution >= 0.6 is 15.9 Å². The molecule has 0 aliphatic rings. The first-order chi connectivity index (χ1) is 10.2. The summed E-state index contributed by atoms with van der Waals surface area (Å²) in [5.74, 6) is 0.130. The van der Waals surface area contributed by atoms with Crippen LogP contribution in [0.5, 0.6) is 0 Å². The Kier molecular flexibility index (Phi) is 4.55. The van der Waals surface area contributed by atoms with Gasteiger partial charge in [0.25, 0.3) is 5.56 Å². The minimum absolute atomic E-state index is 0.0236. The first-order valence-corrected chi connectivity index (χ1v) is 7.61. The number of halogens is 1. The van der Waals surface area contributed by atoms with Gasteiger partial charge in [0.15, 0.2) is 15.9 Å². The van der Waals surface area contributed by atoms with Gasteiger partial charge in [-0.3, -0.25) is 23.3 Å². The maximum atomic E-state index is 12.1. The first-order valence-electron chi connectivity index (χ1n) is 6.82. The Labute approximate surface area is 134 Å². The van der Waals surface area contributed by atoms with Gasteiger partial charge in [-0.2, -0.15) is 0 Å². The van der Waals surface area contributed by atoms with Gasteiger partial charge in [0.1, 0.15) is 6.54 Å². The lowest BCUT2D eigenvalue weighted by molar-refractivity contribution is -0.121. The highest BCUT2D eigenvalue weighted by Crippen LogP contribution is 2.16. The van der Waals surface area contributed by atoms with E-state index in [0.29, 0.717) is 22.8 Å². The average molecular weight is 372 g/mol. The third kappa shape index (κ3) is 2.85. The first kappa shape index (κ1) is 16.5. The van der Waals surface area contributed by atoms with Crippen LogP contribution in [0.25, 0.3) is 11.2 Å². The summed E-state index contributed by atoms with van der Waals surface area (Å²) >= 11 is 3.24. The minimum Gasteiger partial charge on any atom is -0.354 e. The fourth-order valence-corrected chi connectivity index (χ4v) is 2.59. The van der Waals surface area contributed by atoms with E-state index >= 15 is 0 Å². The Balaban J connectivity index is 2.52. The molecule has 0 aliphatic carbocycles. The minimum atomic E-state index is -0.486. The highest BCUT2D eigenvalue weighted by Gasteiger charge is 2.19. The fraction of sp³-hybridized carbons (Fsp3) is 0.538. The molecule has 22 heavy (non-hydrogen) atoms. The van der Waals surface area contributed by atoms with Gasteiger partial charge in [0.2, 0.25) is 5.91 Å². The Morgan fingerprint density at radius 3 is 2.50 bits per heavy atom. The number of nitrogens with zero attached hydrogens (tertiary/aromatic N) is 4. The van der Waals surface area contributed by atoms with E-state index < -0.39 is 11.2 Å². The number of amides is 1. The van der Waals surface area contributed by atoms with Crippen molar-refractivity contribution in [3.8, 4) is 0 Å². The Bertz CT molecular complexity index is 846. The van der Waals surface area contributed by atoms with Crippen molar-refractivity contribution in [1.82, 2.24) is 24.0 Å². The van der Waals surface area contributed by atoms with Crippen molar-refractivity contribution in [2.45, 2.75) is 20.4 Å². The molecule has 2 heterocycles. The average Bonchev–Trinajstić information content (AvgIpc) is 2.78. The largest absolute Gasteiger partial charge is 0.354 e. The summed E-state index contributed by atoms with van der Waals surface area (Å²) in [6.45, 7) is 4.53. The quantitative estimate of drug-likeness (QED) is 0.763. The normalized spacial score (nSPS) is 11.4. The number of aryl methyl sites for hydroxylation is 1. The number of rotatable bonds is 4. The molecule has 0 unspecified atom stereocenters. The van der Waals surface area contributed by atoms with Crippen LogP contribution in [0.1, 0.15) is 13.8 Å². The molecule has 8 nitrogen and oxygen atoms in total. The summed E-state index contributed by atoms with van der Waals surface area (Å²) in [5, 5.41) is 2.79. The molecule has 0 radical (unpaired) electrons. The predicted molar refractivity (Wildman–Crippen MR) is 85.8 cm³/mol. The van der Waals surface area contributed by atoms with Crippen molar-refractivity contribution in [3.63, 3.8) is 0 Å². The Morgan fingerprint density at radius 2 is 1.91 bits per heavy atom. The van der Waals surface area contributed by atoms with Gasteiger partial charge >= 0.3 is 5.69 Å². The SMILES string of the molecule is CC(C)CNC(=O)Cn1c(Br)nc2c(=O)n(C)c(=O)n(C)c21. The second-order valence-electron chi connectivity index (χ2n) is 5.54. The van der Waals surface area contributed by atoms with E-state index in [2.05, 4.69) is 26.2 Å². The number of aromatic nitrogens is 4. The van der Waals surface area contributed by atoms with Gasteiger partial charge in [-0.15, -0.1) is 0 Å². The van der Waals surface area contributed by atoms with E-state index in [9.17, 15) is 14.4 Å². The van der Waals surface area contributed by atoms with Crippen molar-refractivity contribution in [2.24, 2.45) is 20.0 Å². The summed E-state index contributed by atoms with van der Waals surface area (Å²) in [6.07, 6.45) is 0. The molecule has 2 rings (SSSR count). The molecular weight excluding hydrogens is 354 g/mol. The Hall–Kier alpha value is -1.90. The second kappa shape index (κ2) is 6.07. The van der Waals surface area contributed by atoms with Crippen LogP contribution in [0.3, 0.4) is 0 Å². The van der Waals surface area contributed by atoms with E-state index in [1.54, 1.807) is 7.05 Å². The molecule has 2 aromatic rings. The van der Waals surface area contributed by atoms with Crippen molar-refractivity contribution in [1.29, 1.82) is 0 Å². The molecule has 1 amide bonds. The third-order valence-electron chi connectivity index (χ3n) is 3.30. The van der Waals surface area contributed by atoms with Crippen LogP contribution in [0, 0.1) is 5.92 Å². The Morgan fingerprint density at radius 1 is 1.27 bits per heavy atom. The van der Waals surface area contributed by atoms with E-state index in [-0.39, 0.29) is 18.0 Å². The number of carbonyl (C=O) groups is 1. The number of nitrogens with one attached hydrogen (secondary N) is 1. The lowest BCUT2D eigenvalue weighted by atomic mass is 10.2. The molecule has 0 saturated carbocycles. The number of fused-ring (bicyclic) bond motifs is 1. The van der Waals surface area contributed by atoms with Gasteiger partial charge < -0.3 is 5.32 Å². The molecule has 0 atom stereocenters. The lowest BCUT2D eigenvalue weighted by Gasteiger charge is -2.11. The number of hydrogen-bond donors (Lipinski definition) is 1. The summed E-state index contributed by atoms with van der Waals surface area (Å²) < 4.78 is 4.14. The van der Waals surface area contributed by atoms with Crippen molar-refractivity contribution in [3.05, 3.63) is 25.6 Å². The monoisotopic (exact) mass is 371 g/mol. The molecule has 1 N–H and O–H groups in total. The lowest BCUT2D eigenvalue weighted by Crippen LogP contribution is -2.38. The van der Waals surface area contributed by atoms with Crippen LogP contribution in [-0.2, 0) is 25.4 Å². The number of hydrogen-bond acceptors (Lipinski definition) is 4. The van der Waals surface area contributed by atoms with Crippen LogP contribution in [-0.4, -0.2) is 31.1 Å².